The zero-order valence-corrected chi connectivity index (χ0v) is 13.7. The van der Waals surface area contributed by atoms with E-state index in [2.05, 4.69) is 5.32 Å². The Morgan fingerprint density at radius 3 is 2.82 bits per heavy atom. The highest BCUT2D eigenvalue weighted by atomic mass is 35.5. The van der Waals surface area contributed by atoms with E-state index < -0.39 is 0 Å². The molecule has 4 nitrogen and oxygen atoms in total. The van der Waals surface area contributed by atoms with E-state index in [0.29, 0.717) is 23.2 Å². The molecule has 2 heterocycles. The summed E-state index contributed by atoms with van der Waals surface area (Å²) in [6, 6.07) is 5.81. The summed E-state index contributed by atoms with van der Waals surface area (Å²) in [5.74, 6) is 0.119. The predicted molar refractivity (Wildman–Crippen MR) is 88.7 cm³/mol. The van der Waals surface area contributed by atoms with Gasteiger partial charge in [-0.25, -0.2) is 4.79 Å². The number of nitrogens with one attached hydrogen (secondary N) is 1. The molecule has 0 bridgehead atoms. The van der Waals surface area contributed by atoms with Gasteiger partial charge in [0.2, 0.25) is 0 Å². The van der Waals surface area contributed by atoms with Crippen LogP contribution in [0.1, 0.15) is 41.7 Å². The number of benzene rings is 1. The van der Waals surface area contributed by atoms with Crippen LogP contribution in [0.2, 0.25) is 5.02 Å². The largest absolute Gasteiger partial charge is 0.461 e. The maximum atomic E-state index is 12.5. The highest BCUT2D eigenvalue weighted by Crippen LogP contribution is 2.37. The Bertz CT molecular complexity index is 702. The molecule has 1 fully saturated rings. The molecular weight excluding hydrogens is 300 g/mol. The van der Waals surface area contributed by atoms with E-state index >= 15 is 0 Å². The zero-order valence-electron chi connectivity index (χ0n) is 13.0. The fourth-order valence-electron chi connectivity index (χ4n) is 3.42. The van der Waals surface area contributed by atoms with Crippen molar-refractivity contribution in [3.8, 4) is 0 Å². The van der Waals surface area contributed by atoms with Crippen molar-refractivity contribution in [1.29, 1.82) is 0 Å². The van der Waals surface area contributed by atoms with E-state index in [1.807, 2.05) is 36.7 Å². The van der Waals surface area contributed by atoms with Crippen LogP contribution in [0.5, 0.6) is 0 Å². The highest BCUT2D eigenvalue weighted by Gasteiger charge is 2.28. The van der Waals surface area contributed by atoms with Crippen molar-refractivity contribution in [3.63, 3.8) is 0 Å². The molecule has 0 atom stereocenters. The van der Waals surface area contributed by atoms with Crippen LogP contribution in [0.25, 0.3) is 10.9 Å². The van der Waals surface area contributed by atoms with Crippen LogP contribution in [0.4, 0.5) is 0 Å². The van der Waals surface area contributed by atoms with Crippen LogP contribution >= 0.6 is 11.6 Å². The van der Waals surface area contributed by atoms with E-state index in [4.69, 9.17) is 16.3 Å². The van der Waals surface area contributed by atoms with Crippen LogP contribution in [0.3, 0.4) is 0 Å². The van der Waals surface area contributed by atoms with Crippen molar-refractivity contribution >= 4 is 28.5 Å². The van der Waals surface area contributed by atoms with E-state index in [1.54, 1.807) is 0 Å². The Balaban J connectivity index is 2.21. The number of piperidine rings is 1. The topological polar surface area (TPSA) is 43.3 Å². The zero-order chi connectivity index (χ0) is 15.7. The minimum atomic E-state index is -0.245. The summed E-state index contributed by atoms with van der Waals surface area (Å²) in [4.78, 5) is 12.5. The summed E-state index contributed by atoms with van der Waals surface area (Å²) < 4.78 is 7.24. The van der Waals surface area contributed by atoms with Gasteiger partial charge in [-0.05, 0) is 62.5 Å². The second kappa shape index (κ2) is 6.31. The molecule has 3 rings (SSSR count). The summed E-state index contributed by atoms with van der Waals surface area (Å²) in [6.07, 6.45) is 2.05. The fourth-order valence-corrected chi connectivity index (χ4v) is 3.59. The lowest BCUT2D eigenvalue weighted by Crippen LogP contribution is -2.27. The summed E-state index contributed by atoms with van der Waals surface area (Å²) in [5.41, 5.74) is 2.80. The molecule has 5 heteroatoms. The molecule has 1 aromatic carbocycles. The molecule has 0 aliphatic carbocycles. The van der Waals surface area contributed by atoms with Crippen LogP contribution in [-0.4, -0.2) is 30.2 Å². The summed E-state index contributed by atoms with van der Waals surface area (Å²) in [7, 11) is 1.92. The number of nitrogens with zero attached hydrogens (tertiary/aromatic N) is 1. The maximum Gasteiger partial charge on any atom is 0.355 e. The molecule has 1 N–H and O–H groups in total. The van der Waals surface area contributed by atoms with Crippen molar-refractivity contribution in [1.82, 2.24) is 9.88 Å². The molecule has 1 aromatic heterocycles. The monoisotopic (exact) mass is 320 g/mol. The molecule has 0 radical (unpaired) electrons. The van der Waals surface area contributed by atoms with Gasteiger partial charge in [-0.15, -0.1) is 0 Å². The number of hydrogen-bond donors (Lipinski definition) is 1. The van der Waals surface area contributed by atoms with Gasteiger partial charge in [0.25, 0.3) is 0 Å². The number of fused-ring (bicyclic) bond motifs is 1. The number of halogens is 1. The number of aromatic nitrogens is 1. The molecule has 22 heavy (non-hydrogen) atoms. The van der Waals surface area contributed by atoms with Gasteiger partial charge in [-0.3, -0.25) is 0 Å². The molecule has 0 saturated carbocycles. The average Bonchev–Trinajstić information content (AvgIpc) is 2.81. The number of carbonyl (C=O) groups is 1. The third-order valence-electron chi connectivity index (χ3n) is 4.42. The second-order valence-corrected chi connectivity index (χ2v) is 6.16. The first-order valence-corrected chi connectivity index (χ1v) is 8.17. The third-order valence-corrected chi connectivity index (χ3v) is 4.65. The molecule has 0 spiro atoms. The number of hydrogen-bond acceptors (Lipinski definition) is 3. The summed E-state index contributed by atoms with van der Waals surface area (Å²) in [5, 5.41) is 5.15. The molecule has 1 aliphatic rings. The fraction of sp³-hybridized carbons (Fsp3) is 0.471. The second-order valence-electron chi connectivity index (χ2n) is 5.73. The molecular formula is C17H21ClN2O2. The maximum absolute atomic E-state index is 12.5. The molecule has 1 aliphatic heterocycles. The van der Waals surface area contributed by atoms with Crippen LogP contribution in [0, 0.1) is 0 Å². The molecule has 1 saturated heterocycles. The summed E-state index contributed by atoms with van der Waals surface area (Å²) in [6.45, 7) is 4.17. The van der Waals surface area contributed by atoms with E-state index in [1.165, 1.54) is 0 Å². The van der Waals surface area contributed by atoms with Gasteiger partial charge in [-0.1, -0.05) is 11.6 Å². The van der Waals surface area contributed by atoms with Gasteiger partial charge in [-0.2, -0.15) is 0 Å². The lowest BCUT2D eigenvalue weighted by molar-refractivity contribution is 0.0513. The Hall–Kier alpha value is -1.52. The van der Waals surface area contributed by atoms with Crippen molar-refractivity contribution in [3.05, 3.63) is 34.5 Å². The molecule has 2 aromatic rings. The van der Waals surface area contributed by atoms with Crippen molar-refractivity contribution < 1.29 is 9.53 Å². The molecule has 118 valence electrons. The number of carbonyl (C=O) groups excluding carboxylic acids is 1. The highest BCUT2D eigenvalue weighted by molar-refractivity contribution is 6.31. The van der Waals surface area contributed by atoms with Crippen LogP contribution in [0.15, 0.2) is 18.2 Å². The van der Waals surface area contributed by atoms with Gasteiger partial charge in [0.05, 0.1) is 6.61 Å². The van der Waals surface area contributed by atoms with Gasteiger partial charge in [0, 0.05) is 23.0 Å². The standard InChI is InChI=1S/C17H21ClN2O2/c1-3-22-17(21)16-15(11-6-8-19-9-7-11)13-10-12(18)4-5-14(13)20(16)2/h4-5,10-11,19H,3,6-9H2,1-2H3. The Kier molecular flexibility index (Phi) is 4.41. The Morgan fingerprint density at radius 2 is 2.14 bits per heavy atom. The average molecular weight is 321 g/mol. The smallest absolute Gasteiger partial charge is 0.355 e. The van der Waals surface area contributed by atoms with Crippen molar-refractivity contribution in [2.45, 2.75) is 25.7 Å². The first-order chi connectivity index (χ1) is 10.6. The number of ether oxygens (including phenoxy) is 1. The minimum Gasteiger partial charge on any atom is -0.461 e. The van der Waals surface area contributed by atoms with E-state index in [0.717, 1.165) is 42.4 Å². The molecule has 0 unspecified atom stereocenters. The van der Waals surface area contributed by atoms with Gasteiger partial charge >= 0.3 is 5.97 Å². The summed E-state index contributed by atoms with van der Waals surface area (Å²) >= 11 is 6.19. The lowest BCUT2D eigenvalue weighted by Gasteiger charge is -2.23. The Labute approximate surface area is 135 Å². The van der Waals surface area contributed by atoms with Gasteiger partial charge in [0.1, 0.15) is 5.69 Å². The van der Waals surface area contributed by atoms with Crippen LogP contribution < -0.4 is 5.32 Å². The first-order valence-electron chi connectivity index (χ1n) is 7.79. The number of rotatable bonds is 3. The first kappa shape index (κ1) is 15.4. The van der Waals surface area contributed by atoms with Gasteiger partial charge < -0.3 is 14.6 Å². The van der Waals surface area contributed by atoms with Gasteiger partial charge in [0.15, 0.2) is 0 Å². The SMILES string of the molecule is CCOC(=O)c1c(C2CCNCC2)c2cc(Cl)ccc2n1C. The lowest BCUT2D eigenvalue weighted by atomic mass is 9.88. The Morgan fingerprint density at radius 1 is 1.41 bits per heavy atom. The molecule has 0 amide bonds. The number of aryl methyl sites for hydroxylation is 1. The normalized spacial score (nSPS) is 16.1. The van der Waals surface area contributed by atoms with Crippen molar-refractivity contribution in [2.24, 2.45) is 7.05 Å². The quantitative estimate of drug-likeness (QED) is 0.881. The third kappa shape index (κ3) is 2.61. The number of esters is 1. The predicted octanol–water partition coefficient (Wildman–Crippen LogP) is 3.48. The van der Waals surface area contributed by atoms with Crippen molar-refractivity contribution in [2.75, 3.05) is 19.7 Å². The van der Waals surface area contributed by atoms with E-state index in [-0.39, 0.29) is 5.97 Å². The van der Waals surface area contributed by atoms with Crippen LogP contribution in [-0.2, 0) is 11.8 Å². The minimum absolute atomic E-state index is 0.245. The van der Waals surface area contributed by atoms with E-state index in [9.17, 15) is 4.79 Å².